The Kier molecular flexibility index (Phi) is 8.76. The van der Waals surface area contributed by atoms with Gasteiger partial charge in [0.25, 0.3) is 0 Å². The van der Waals surface area contributed by atoms with E-state index in [1.807, 2.05) is 42.6 Å². The maximum Gasteiger partial charge on any atom is 0.326 e. The van der Waals surface area contributed by atoms with Crippen LogP contribution in [0, 0.1) is 17.3 Å². The third-order valence-electron chi connectivity index (χ3n) is 8.98. The van der Waals surface area contributed by atoms with Gasteiger partial charge in [0.15, 0.2) is 0 Å². The molecule has 3 heterocycles. The fraction of sp³-hybridized carbons (Fsp3) is 0.594. The smallest absolute Gasteiger partial charge is 0.326 e. The van der Waals surface area contributed by atoms with Crippen LogP contribution < -0.4 is 10.2 Å². The van der Waals surface area contributed by atoms with Gasteiger partial charge in [-0.15, -0.1) is 0 Å². The minimum atomic E-state index is -0.926. The summed E-state index contributed by atoms with van der Waals surface area (Å²) in [6.07, 6.45) is 6.67. The van der Waals surface area contributed by atoms with Gasteiger partial charge in [-0.1, -0.05) is 76.4 Å². The number of nitrogens with zero attached hydrogens (tertiary/aromatic N) is 3. The summed E-state index contributed by atoms with van der Waals surface area (Å²) < 4.78 is 5.56. The van der Waals surface area contributed by atoms with Crippen LogP contribution in [0.15, 0.2) is 48.7 Å². The topological polar surface area (TPSA) is 95.0 Å². The van der Waals surface area contributed by atoms with Gasteiger partial charge >= 0.3 is 5.97 Å². The summed E-state index contributed by atoms with van der Waals surface area (Å²) in [7, 11) is 0. The molecule has 1 aromatic heterocycles. The van der Waals surface area contributed by atoms with Crippen molar-refractivity contribution >= 4 is 17.7 Å². The standard InChI is InChI=1S/C32H44N4O4/c1-32(2,3)25-26(34-21-24-15-10-16-33-29(24)35-17-19-40-20-18-35)27(22-11-6-4-7-12-22)36(28(25)31(38)39)30(37)23-13-8-5-9-14-23/h4,6-7,10-12,15-16,23,25-28,34H,5,8-9,13-14,17-21H2,1-3H3,(H,38,39). The van der Waals surface area contributed by atoms with Gasteiger partial charge in [0.1, 0.15) is 11.9 Å². The average molecular weight is 549 g/mol. The summed E-state index contributed by atoms with van der Waals surface area (Å²) in [6, 6.07) is 12.5. The maximum absolute atomic E-state index is 14.3. The molecular weight excluding hydrogens is 504 g/mol. The van der Waals surface area contributed by atoms with Gasteiger partial charge in [-0.3, -0.25) is 4.79 Å². The number of nitrogens with one attached hydrogen (secondary N) is 1. The quantitative estimate of drug-likeness (QED) is 0.520. The van der Waals surface area contributed by atoms with Crippen molar-refractivity contribution in [3.63, 3.8) is 0 Å². The van der Waals surface area contributed by atoms with Crippen molar-refractivity contribution in [1.29, 1.82) is 0 Å². The second-order valence-electron chi connectivity index (χ2n) is 12.6. The van der Waals surface area contributed by atoms with Crippen molar-refractivity contribution in [3.8, 4) is 0 Å². The Morgan fingerprint density at radius 3 is 2.38 bits per heavy atom. The summed E-state index contributed by atoms with van der Waals surface area (Å²) in [5.41, 5.74) is 1.67. The molecule has 0 radical (unpaired) electrons. The number of hydrogen-bond acceptors (Lipinski definition) is 6. The van der Waals surface area contributed by atoms with Crippen LogP contribution in [0.25, 0.3) is 0 Å². The highest BCUT2D eigenvalue weighted by Crippen LogP contribution is 2.49. The van der Waals surface area contributed by atoms with E-state index >= 15 is 0 Å². The SMILES string of the molecule is CC(C)(C)C1C(NCc2cccnc2N2CCOCC2)C(c2ccccc2)N(C(=O)C2CCCCC2)C1C(=O)O. The molecule has 4 unspecified atom stereocenters. The number of anilines is 1. The van der Waals surface area contributed by atoms with Crippen molar-refractivity contribution in [3.05, 3.63) is 59.8 Å². The normalized spacial score (nSPS) is 26.2. The van der Waals surface area contributed by atoms with E-state index in [9.17, 15) is 14.7 Å². The Labute approximate surface area is 238 Å². The first-order valence-electron chi connectivity index (χ1n) is 14.9. The number of hydrogen-bond donors (Lipinski definition) is 2. The van der Waals surface area contributed by atoms with Crippen molar-refractivity contribution in [1.82, 2.24) is 15.2 Å². The Morgan fingerprint density at radius 2 is 1.73 bits per heavy atom. The first-order chi connectivity index (χ1) is 19.3. The lowest BCUT2D eigenvalue weighted by Crippen LogP contribution is -2.49. The highest BCUT2D eigenvalue weighted by atomic mass is 16.5. The zero-order chi connectivity index (χ0) is 28.3. The first-order valence-corrected chi connectivity index (χ1v) is 14.9. The fourth-order valence-electron chi connectivity index (χ4n) is 7.14. The van der Waals surface area contributed by atoms with Gasteiger partial charge in [-0.2, -0.15) is 0 Å². The molecule has 0 spiro atoms. The van der Waals surface area contributed by atoms with Gasteiger partial charge in [-0.05, 0) is 29.9 Å². The zero-order valence-electron chi connectivity index (χ0n) is 24.1. The second-order valence-corrected chi connectivity index (χ2v) is 12.6. The van der Waals surface area contributed by atoms with E-state index in [4.69, 9.17) is 9.72 Å². The van der Waals surface area contributed by atoms with Crippen LogP contribution in [0.1, 0.15) is 70.0 Å². The Balaban J connectivity index is 1.54. The van der Waals surface area contributed by atoms with Crippen LogP contribution in [0.2, 0.25) is 0 Å². The average Bonchev–Trinajstić information content (AvgIpc) is 3.33. The largest absolute Gasteiger partial charge is 0.480 e. The third-order valence-corrected chi connectivity index (χ3v) is 8.98. The van der Waals surface area contributed by atoms with Gasteiger partial charge in [0.05, 0.1) is 19.3 Å². The number of likely N-dealkylation sites (tertiary alicyclic amines) is 1. The van der Waals surface area contributed by atoms with Crippen molar-refractivity contribution in [2.75, 3.05) is 31.2 Å². The summed E-state index contributed by atoms with van der Waals surface area (Å²) in [5, 5.41) is 14.5. The number of carbonyl (C=O) groups excluding carboxylic acids is 1. The Hall–Kier alpha value is -2.97. The lowest BCUT2D eigenvalue weighted by Gasteiger charge is -2.36. The van der Waals surface area contributed by atoms with Gasteiger partial charge in [0, 0.05) is 49.3 Å². The van der Waals surface area contributed by atoms with E-state index in [0.29, 0.717) is 19.8 Å². The number of amides is 1. The predicted molar refractivity (Wildman–Crippen MR) is 155 cm³/mol. The number of rotatable bonds is 7. The molecule has 2 N–H and O–H groups in total. The van der Waals surface area contributed by atoms with E-state index in [1.165, 1.54) is 0 Å². The lowest BCUT2D eigenvalue weighted by molar-refractivity contribution is -0.154. The minimum Gasteiger partial charge on any atom is -0.480 e. The molecule has 0 bridgehead atoms. The zero-order valence-corrected chi connectivity index (χ0v) is 24.1. The highest BCUT2D eigenvalue weighted by Gasteiger charge is 2.58. The van der Waals surface area contributed by atoms with E-state index in [-0.39, 0.29) is 35.2 Å². The summed E-state index contributed by atoms with van der Waals surface area (Å²) in [5.74, 6) is -0.414. The highest BCUT2D eigenvalue weighted by molar-refractivity contribution is 5.87. The fourth-order valence-corrected chi connectivity index (χ4v) is 7.14. The van der Waals surface area contributed by atoms with E-state index in [0.717, 1.165) is 62.1 Å². The number of aromatic nitrogens is 1. The van der Waals surface area contributed by atoms with Crippen LogP contribution in [-0.2, 0) is 20.9 Å². The molecule has 40 heavy (non-hydrogen) atoms. The van der Waals surface area contributed by atoms with Crippen molar-refractivity contribution in [2.24, 2.45) is 17.3 Å². The Bertz CT molecular complexity index is 1160. The number of carbonyl (C=O) groups is 2. The molecule has 1 saturated carbocycles. The number of carboxylic acids is 1. The number of carboxylic acid groups (broad SMARTS) is 1. The molecule has 4 atom stereocenters. The molecule has 8 nitrogen and oxygen atoms in total. The monoisotopic (exact) mass is 548 g/mol. The molecule has 8 heteroatoms. The molecule has 2 aliphatic heterocycles. The molecule has 1 aliphatic carbocycles. The lowest BCUT2D eigenvalue weighted by atomic mass is 9.72. The predicted octanol–water partition coefficient (Wildman–Crippen LogP) is 4.66. The third kappa shape index (κ3) is 5.88. The maximum atomic E-state index is 14.3. The minimum absolute atomic E-state index is 0.00473. The summed E-state index contributed by atoms with van der Waals surface area (Å²) in [6.45, 7) is 9.75. The summed E-state index contributed by atoms with van der Waals surface area (Å²) in [4.78, 5) is 36.0. The first kappa shape index (κ1) is 28.6. The number of pyridine rings is 1. The molecule has 216 valence electrons. The van der Waals surface area contributed by atoms with E-state index in [2.05, 4.69) is 37.1 Å². The molecule has 3 aliphatic rings. The van der Waals surface area contributed by atoms with E-state index in [1.54, 1.807) is 4.90 Å². The molecular formula is C32H44N4O4. The van der Waals surface area contributed by atoms with Crippen LogP contribution in [-0.4, -0.2) is 65.3 Å². The van der Waals surface area contributed by atoms with Gasteiger partial charge < -0.3 is 25.0 Å². The molecule has 2 saturated heterocycles. The molecule has 1 aromatic carbocycles. The number of aliphatic carboxylic acids is 1. The molecule has 5 rings (SSSR count). The number of morpholine rings is 1. The second kappa shape index (κ2) is 12.3. The van der Waals surface area contributed by atoms with Crippen LogP contribution >= 0.6 is 0 Å². The number of ether oxygens (including phenoxy) is 1. The van der Waals surface area contributed by atoms with Gasteiger partial charge in [0.2, 0.25) is 5.91 Å². The Morgan fingerprint density at radius 1 is 1.02 bits per heavy atom. The van der Waals surface area contributed by atoms with Crippen LogP contribution in [0.5, 0.6) is 0 Å². The molecule has 3 fully saturated rings. The van der Waals surface area contributed by atoms with Crippen molar-refractivity contribution < 1.29 is 19.4 Å². The van der Waals surface area contributed by atoms with E-state index < -0.39 is 12.0 Å². The summed E-state index contributed by atoms with van der Waals surface area (Å²) >= 11 is 0. The van der Waals surface area contributed by atoms with Crippen molar-refractivity contribution in [2.45, 2.75) is 77.5 Å². The number of benzene rings is 1. The molecule has 2 aromatic rings. The van der Waals surface area contributed by atoms with Crippen LogP contribution in [0.4, 0.5) is 5.82 Å². The molecule has 1 amide bonds. The van der Waals surface area contributed by atoms with Gasteiger partial charge in [-0.25, -0.2) is 9.78 Å². The van der Waals surface area contributed by atoms with Crippen LogP contribution in [0.3, 0.4) is 0 Å².